The maximum absolute atomic E-state index is 13.5. The molecule has 2 unspecified atom stereocenters. The first-order chi connectivity index (χ1) is 19.2. The number of carboxylic acid groups (broad SMARTS) is 2. The summed E-state index contributed by atoms with van der Waals surface area (Å²) in [6.07, 6.45) is 5.49. The highest BCUT2D eigenvalue weighted by molar-refractivity contribution is 5.94. The van der Waals surface area contributed by atoms with Gasteiger partial charge in [0, 0.05) is 53.7 Å². The number of piperidine rings is 1. The summed E-state index contributed by atoms with van der Waals surface area (Å²) in [5.74, 6) is -1.26. The molecule has 3 heterocycles. The van der Waals surface area contributed by atoms with Gasteiger partial charge in [0.2, 0.25) is 0 Å². The van der Waals surface area contributed by atoms with E-state index in [1.165, 1.54) is 31.9 Å². The molecule has 2 aliphatic heterocycles. The highest BCUT2D eigenvalue weighted by Crippen LogP contribution is 2.44. The Hall–Kier alpha value is -4.25. The number of halogens is 1. The second-order valence-electron chi connectivity index (χ2n) is 9.78. The van der Waals surface area contributed by atoms with Gasteiger partial charge < -0.3 is 24.2 Å². The van der Waals surface area contributed by atoms with E-state index in [9.17, 15) is 18.8 Å². The minimum atomic E-state index is -1.26. The highest BCUT2D eigenvalue weighted by Gasteiger charge is 2.42. The minimum Gasteiger partial charge on any atom is -0.493 e. The number of benzene rings is 2. The Morgan fingerprint density at radius 1 is 1.05 bits per heavy atom. The lowest BCUT2D eigenvalue weighted by molar-refractivity contribution is -0.134. The highest BCUT2D eigenvalue weighted by atomic mass is 19.1. The molecule has 1 aromatic heterocycles. The zero-order valence-electron chi connectivity index (χ0n) is 22.2. The summed E-state index contributed by atoms with van der Waals surface area (Å²) in [5, 5.41) is 20.8. The molecule has 2 aliphatic rings. The van der Waals surface area contributed by atoms with Gasteiger partial charge in [-0.2, -0.15) is 0 Å². The van der Waals surface area contributed by atoms with Crippen molar-refractivity contribution >= 4 is 28.7 Å². The molecule has 10 nitrogen and oxygen atoms in total. The predicted octanol–water partition coefficient (Wildman–Crippen LogP) is 4.68. The first-order valence-corrected chi connectivity index (χ1v) is 12.9. The number of carboxylic acids is 2. The van der Waals surface area contributed by atoms with Crippen molar-refractivity contribution < 1.29 is 43.0 Å². The molecule has 2 aromatic carbocycles. The molecule has 2 N–H and O–H groups in total. The summed E-state index contributed by atoms with van der Waals surface area (Å²) in [6, 6.07) is 10.9. The average Bonchev–Trinajstić information content (AvgIpc) is 3.43. The number of aromatic nitrogens is 1. The minimum absolute atomic E-state index is 0.000628. The molecule has 40 heavy (non-hydrogen) atoms. The number of ether oxygens (including phenoxy) is 2. The summed E-state index contributed by atoms with van der Waals surface area (Å²) >= 11 is 0. The number of rotatable bonds is 9. The summed E-state index contributed by atoms with van der Waals surface area (Å²) in [5.41, 5.74) is 2.09. The van der Waals surface area contributed by atoms with E-state index in [0.717, 1.165) is 30.5 Å². The van der Waals surface area contributed by atoms with E-state index >= 15 is 0 Å². The molecule has 2 fully saturated rings. The number of nitrogens with zero attached hydrogens (tertiary/aromatic N) is 2. The number of ketones is 1. The number of Topliss-reactive ketones (excluding diaryl/α,β-unsaturated/α-hetero) is 1. The molecule has 3 aromatic rings. The van der Waals surface area contributed by atoms with Crippen LogP contribution in [0.15, 0.2) is 53.1 Å². The van der Waals surface area contributed by atoms with Gasteiger partial charge >= 0.3 is 11.9 Å². The summed E-state index contributed by atoms with van der Waals surface area (Å²) in [7, 11) is 1.58. The lowest BCUT2D eigenvalue weighted by atomic mass is 9.87. The van der Waals surface area contributed by atoms with E-state index in [1.54, 1.807) is 31.4 Å². The zero-order chi connectivity index (χ0) is 28.8. The number of carbonyl (C=O) groups excluding carboxylic acids is 1. The van der Waals surface area contributed by atoms with Gasteiger partial charge in [0.05, 0.1) is 12.8 Å². The molecule has 0 aliphatic carbocycles. The maximum atomic E-state index is 13.5. The number of methoxy groups -OCH3 is 1. The third kappa shape index (κ3) is 6.84. The molecule has 5 rings (SSSR count). The Labute approximate surface area is 230 Å². The van der Waals surface area contributed by atoms with Gasteiger partial charge in [-0.05, 0) is 62.9 Å². The second-order valence-corrected chi connectivity index (χ2v) is 9.78. The van der Waals surface area contributed by atoms with E-state index in [-0.39, 0.29) is 11.6 Å². The molecule has 0 amide bonds. The van der Waals surface area contributed by atoms with Crippen molar-refractivity contribution in [1.29, 1.82) is 0 Å². The third-order valence-corrected chi connectivity index (χ3v) is 7.28. The van der Waals surface area contributed by atoms with Crippen LogP contribution >= 0.6 is 0 Å². The standard InChI is InChI=1S/C25H27FN2O4.C4H4O4/c1-15(29)16-3-8-22(24(13-16)30-2)31-10-9-28-19-5-6-20(28)12-17(11-19)25-21-7-4-18(26)14-23(21)32-27-25;5-3(6)1-2-4(7)8/h3-4,7-8,13-14,17,19-20H,5-6,9-12H2,1-2H3;1-2H,(H,5,6)(H,7,8)/b;2-1+. The van der Waals surface area contributed by atoms with Crippen LogP contribution in [-0.4, -0.2) is 70.3 Å². The predicted molar refractivity (Wildman–Crippen MR) is 142 cm³/mol. The lowest BCUT2D eigenvalue weighted by Crippen LogP contribution is -2.44. The largest absolute Gasteiger partial charge is 0.493 e. The molecule has 2 bridgehead atoms. The van der Waals surface area contributed by atoms with Gasteiger partial charge in [-0.15, -0.1) is 0 Å². The fraction of sp³-hybridized carbons (Fsp3) is 0.379. The van der Waals surface area contributed by atoms with Crippen LogP contribution in [0.1, 0.15) is 54.6 Å². The van der Waals surface area contributed by atoms with Crippen LogP contribution in [0, 0.1) is 5.82 Å². The van der Waals surface area contributed by atoms with E-state index < -0.39 is 11.9 Å². The van der Waals surface area contributed by atoms with Gasteiger partial charge in [0.15, 0.2) is 22.9 Å². The van der Waals surface area contributed by atoms with E-state index in [0.29, 0.717) is 59.4 Å². The van der Waals surface area contributed by atoms with Crippen LogP contribution in [0.2, 0.25) is 0 Å². The van der Waals surface area contributed by atoms with Crippen molar-refractivity contribution in [3.8, 4) is 11.5 Å². The van der Waals surface area contributed by atoms with Crippen LogP contribution < -0.4 is 9.47 Å². The van der Waals surface area contributed by atoms with Crippen LogP contribution in [0.4, 0.5) is 4.39 Å². The Bertz CT molecular complexity index is 1390. The first kappa shape index (κ1) is 28.8. The number of hydrogen-bond acceptors (Lipinski definition) is 8. The van der Waals surface area contributed by atoms with Crippen LogP contribution in [-0.2, 0) is 9.59 Å². The fourth-order valence-corrected chi connectivity index (χ4v) is 5.50. The monoisotopic (exact) mass is 554 g/mol. The molecule has 212 valence electrons. The zero-order valence-corrected chi connectivity index (χ0v) is 22.2. The quantitative estimate of drug-likeness (QED) is 0.283. The van der Waals surface area contributed by atoms with Gasteiger partial charge in [0.25, 0.3) is 0 Å². The number of hydrogen-bond donors (Lipinski definition) is 2. The van der Waals surface area contributed by atoms with Crippen molar-refractivity contribution in [3.63, 3.8) is 0 Å². The van der Waals surface area contributed by atoms with Crippen molar-refractivity contribution in [1.82, 2.24) is 10.1 Å². The first-order valence-electron chi connectivity index (χ1n) is 12.9. The van der Waals surface area contributed by atoms with E-state index in [2.05, 4.69) is 10.1 Å². The molecule has 11 heteroatoms. The molecule has 0 saturated carbocycles. The maximum Gasteiger partial charge on any atom is 0.328 e. The van der Waals surface area contributed by atoms with Gasteiger partial charge in [0.1, 0.15) is 12.4 Å². The van der Waals surface area contributed by atoms with E-state index in [4.69, 9.17) is 24.2 Å². The topological polar surface area (TPSA) is 139 Å². The summed E-state index contributed by atoms with van der Waals surface area (Å²) in [6.45, 7) is 2.93. The Balaban J connectivity index is 0.000000406. The third-order valence-electron chi connectivity index (χ3n) is 7.28. The number of fused-ring (bicyclic) bond motifs is 3. The number of aliphatic carboxylic acids is 2. The lowest BCUT2D eigenvalue weighted by Gasteiger charge is -2.38. The Kier molecular flexibility index (Phi) is 9.15. The smallest absolute Gasteiger partial charge is 0.328 e. The van der Waals surface area contributed by atoms with Crippen LogP contribution in [0.25, 0.3) is 11.0 Å². The molecular weight excluding hydrogens is 523 g/mol. The van der Waals surface area contributed by atoms with E-state index in [1.807, 2.05) is 0 Å². The molecule has 0 spiro atoms. The van der Waals surface area contributed by atoms with Crippen molar-refractivity contribution in [2.75, 3.05) is 20.3 Å². The SMILES string of the molecule is COc1cc(C(C)=O)ccc1OCCN1C2CCC1CC(c1noc3cc(F)ccc13)C2.O=C(O)/C=C/C(=O)O. The van der Waals surface area contributed by atoms with Gasteiger partial charge in [-0.1, -0.05) is 5.16 Å². The van der Waals surface area contributed by atoms with Gasteiger partial charge in [-0.3, -0.25) is 9.69 Å². The molecule has 2 atom stereocenters. The van der Waals surface area contributed by atoms with Crippen LogP contribution in [0.3, 0.4) is 0 Å². The summed E-state index contributed by atoms with van der Waals surface area (Å²) < 4.78 is 30.3. The molecule has 0 radical (unpaired) electrons. The van der Waals surface area contributed by atoms with Crippen molar-refractivity contribution in [2.24, 2.45) is 0 Å². The molecular formula is C29H31FN2O8. The Morgan fingerprint density at radius 3 is 2.33 bits per heavy atom. The normalized spacial score (nSPS) is 20.2. The second kappa shape index (κ2) is 12.7. The Morgan fingerprint density at radius 2 is 1.73 bits per heavy atom. The fourth-order valence-electron chi connectivity index (χ4n) is 5.50. The van der Waals surface area contributed by atoms with Gasteiger partial charge in [-0.25, -0.2) is 14.0 Å². The summed E-state index contributed by atoms with van der Waals surface area (Å²) in [4.78, 5) is 33.3. The number of carbonyl (C=O) groups is 3. The van der Waals surface area contributed by atoms with Crippen molar-refractivity contribution in [3.05, 3.63) is 65.6 Å². The average molecular weight is 555 g/mol. The van der Waals surface area contributed by atoms with Crippen molar-refractivity contribution in [2.45, 2.75) is 50.6 Å². The van der Waals surface area contributed by atoms with Crippen LogP contribution in [0.5, 0.6) is 11.5 Å². The molecule has 2 saturated heterocycles.